The van der Waals surface area contributed by atoms with Crippen LogP contribution in [0.5, 0.6) is 11.5 Å². The summed E-state index contributed by atoms with van der Waals surface area (Å²) in [6.07, 6.45) is 1.72. The van der Waals surface area contributed by atoms with Gasteiger partial charge >= 0.3 is 5.97 Å². The van der Waals surface area contributed by atoms with Crippen molar-refractivity contribution in [3.05, 3.63) is 46.5 Å². The number of esters is 1. The molecule has 0 aromatic heterocycles. The Hall–Kier alpha value is -2.49. The number of phenols is 1. The molecule has 1 aliphatic rings. The van der Waals surface area contributed by atoms with Crippen molar-refractivity contribution in [1.29, 1.82) is 0 Å². The average Bonchev–Trinajstić information content (AvgIpc) is 2.60. The summed E-state index contributed by atoms with van der Waals surface area (Å²) in [5, 5.41) is 10.8. The van der Waals surface area contributed by atoms with Crippen molar-refractivity contribution >= 4 is 5.97 Å². The summed E-state index contributed by atoms with van der Waals surface area (Å²) in [6.45, 7) is 8.06. The van der Waals surface area contributed by atoms with E-state index in [1.165, 1.54) is 7.11 Å². The number of fused-ring (bicyclic) bond motifs is 1. The van der Waals surface area contributed by atoms with Gasteiger partial charge in [0.05, 0.1) is 12.7 Å². The molecule has 0 bridgehead atoms. The third-order valence-corrected chi connectivity index (χ3v) is 5.02. The SMILES string of the molecule is COC(=O)c1ccc(-c2c(O)c(C)c(C)c3c2CCC(C)(C)O3)cc1. The molecule has 2 aromatic carbocycles. The predicted octanol–water partition coefficient (Wildman–Crippen LogP) is 4.57. The maximum Gasteiger partial charge on any atom is 0.337 e. The lowest BCUT2D eigenvalue weighted by atomic mass is 9.85. The maximum atomic E-state index is 11.6. The summed E-state index contributed by atoms with van der Waals surface area (Å²) in [5.74, 6) is 0.784. The molecule has 0 unspecified atom stereocenters. The van der Waals surface area contributed by atoms with Crippen molar-refractivity contribution in [2.45, 2.75) is 46.1 Å². The molecule has 0 fully saturated rings. The van der Waals surface area contributed by atoms with E-state index >= 15 is 0 Å². The molecule has 0 radical (unpaired) electrons. The van der Waals surface area contributed by atoms with Gasteiger partial charge in [-0.3, -0.25) is 0 Å². The first kappa shape index (κ1) is 17.3. The van der Waals surface area contributed by atoms with Gasteiger partial charge in [-0.1, -0.05) is 12.1 Å². The fourth-order valence-corrected chi connectivity index (χ4v) is 3.35. The first-order chi connectivity index (χ1) is 11.7. The lowest BCUT2D eigenvalue weighted by Gasteiger charge is -2.35. The smallest absolute Gasteiger partial charge is 0.337 e. The van der Waals surface area contributed by atoms with Gasteiger partial charge in [-0.05, 0) is 69.4 Å². The highest BCUT2D eigenvalue weighted by Gasteiger charge is 2.32. The van der Waals surface area contributed by atoms with Crippen LogP contribution < -0.4 is 4.74 Å². The van der Waals surface area contributed by atoms with Gasteiger partial charge in [0.15, 0.2) is 0 Å². The zero-order valence-electron chi connectivity index (χ0n) is 15.4. The van der Waals surface area contributed by atoms with E-state index in [0.717, 1.165) is 46.4 Å². The quantitative estimate of drug-likeness (QED) is 0.814. The van der Waals surface area contributed by atoms with Crippen LogP contribution in [-0.2, 0) is 11.2 Å². The van der Waals surface area contributed by atoms with E-state index in [-0.39, 0.29) is 17.3 Å². The Balaban J connectivity index is 2.17. The van der Waals surface area contributed by atoms with Gasteiger partial charge in [0, 0.05) is 11.1 Å². The molecule has 132 valence electrons. The van der Waals surface area contributed by atoms with Crippen molar-refractivity contribution in [1.82, 2.24) is 0 Å². The molecule has 0 spiro atoms. The van der Waals surface area contributed by atoms with Gasteiger partial charge in [0.1, 0.15) is 17.1 Å². The Morgan fingerprint density at radius 3 is 2.40 bits per heavy atom. The second-order valence-electron chi connectivity index (χ2n) is 7.21. The van der Waals surface area contributed by atoms with Crippen LogP contribution in [0.3, 0.4) is 0 Å². The lowest BCUT2D eigenvalue weighted by molar-refractivity contribution is 0.0600. The van der Waals surface area contributed by atoms with Gasteiger partial charge in [0.25, 0.3) is 0 Å². The van der Waals surface area contributed by atoms with E-state index < -0.39 is 0 Å². The highest BCUT2D eigenvalue weighted by molar-refractivity contribution is 5.90. The zero-order chi connectivity index (χ0) is 18.4. The summed E-state index contributed by atoms with van der Waals surface area (Å²) >= 11 is 0. The topological polar surface area (TPSA) is 55.8 Å². The van der Waals surface area contributed by atoms with Crippen molar-refractivity contribution in [3.8, 4) is 22.6 Å². The zero-order valence-corrected chi connectivity index (χ0v) is 15.4. The summed E-state index contributed by atoms with van der Waals surface area (Å²) in [5.41, 5.74) is 4.77. The Morgan fingerprint density at radius 2 is 1.80 bits per heavy atom. The van der Waals surface area contributed by atoms with Crippen molar-refractivity contribution in [3.63, 3.8) is 0 Å². The monoisotopic (exact) mass is 340 g/mol. The van der Waals surface area contributed by atoms with Crippen LogP contribution in [0.1, 0.15) is 47.3 Å². The van der Waals surface area contributed by atoms with Crippen LogP contribution in [0.4, 0.5) is 0 Å². The van der Waals surface area contributed by atoms with Gasteiger partial charge in [-0.15, -0.1) is 0 Å². The highest BCUT2D eigenvalue weighted by Crippen LogP contribution is 2.47. The third-order valence-electron chi connectivity index (χ3n) is 5.02. The van der Waals surface area contributed by atoms with E-state index in [2.05, 4.69) is 13.8 Å². The van der Waals surface area contributed by atoms with Crippen molar-refractivity contribution in [2.75, 3.05) is 7.11 Å². The van der Waals surface area contributed by atoms with Gasteiger partial charge < -0.3 is 14.6 Å². The van der Waals surface area contributed by atoms with E-state index in [1.807, 2.05) is 26.0 Å². The van der Waals surface area contributed by atoms with Gasteiger partial charge in [-0.25, -0.2) is 4.79 Å². The van der Waals surface area contributed by atoms with Gasteiger partial charge in [0.2, 0.25) is 0 Å². The molecule has 0 saturated heterocycles. The van der Waals surface area contributed by atoms with Crippen LogP contribution in [0.25, 0.3) is 11.1 Å². The Labute approximate surface area is 148 Å². The number of carbonyl (C=O) groups is 1. The first-order valence-electron chi connectivity index (χ1n) is 8.48. The molecule has 0 atom stereocenters. The fraction of sp³-hybridized carbons (Fsp3) is 0.381. The van der Waals surface area contributed by atoms with E-state index in [4.69, 9.17) is 9.47 Å². The standard InChI is InChI=1S/C21H24O4/c1-12-13(2)19-16(10-11-21(3,4)25-19)17(18(12)22)14-6-8-15(9-7-14)20(23)24-5/h6-9,22H,10-11H2,1-5H3. The second-order valence-corrected chi connectivity index (χ2v) is 7.21. The molecule has 1 N–H and O–H groups in total. The number of hydrogen-bond acceptors (Lipinski definition) is 4. The summed E-state index contributed by atoms with van der Waals surface area (Å²) < 4.78 is 11.0. The molecule has 0 amide bonds. The lowest BCUT2D eigenvalue weighted by Crippen LogP contribution is -2.33. The first-order valence-corrected chi connectivity index (χ1v) is 8.48. The molecule has 0 aliphatic carbocycles. The number of aromatic hydroxyl groups is 1. The highest BCUT2D eigenvalue weighted by atomic mass is 16.5. The van der Waals surface area contributed by atoms with Crippen molar-refractivity contribution < 1.29 is 19.4 Å². The molecular weight excluding hydrogens is 316 g/mol. The van der Waals surface area contributed by atoms with Crippen LogP contribution >= 0.6 is 0 Å². The minimum Gasteiger partial charge on any atom is -0.507 e. The van der Waals surface area contributed by atoms with E-state index in [1.54, 1.807) is 12.1 Å². The predicted molar refractivity (Wildman–Crippen MR) is 97.4 cm³/mol. The number of benzene rings is 2. The Bertz CT molecular complexity index is 832. The minimum absolute atomic E-state index is 0.215. The molecule has 4 heteroatoms. The minimum atomic E-state index is -0.372. The van der Waals surface area contributed by atoms with Crippen LogP contribution in [0.2, 0.25) is 0 Å². The molecule has 4 nitrogen and oxygen atoms in total. The van der Waals surface area contributed by atoms with Crippen LogP contribution in [-0.4, -0.2) is 23.8 Å². The molecular formula is C21H24O4. The number of phenolic OH excluding ortho intramolecular Hbond substituents is 1. The average molecular weight is 340 g/mol. The summed E-state index contributed by atoms with van der Waals surface area (Å²) in [7, 11) is 1.36. The Kier molecular flexibility index (Phi) is 4.23. The van der Waals surface area contributed by atoms with Crippen molar-refractivity contribution in [2.24, 2.45) is 0 Å². The number of rotatable bonds is 2. The van der Waals surface area contributed by atoms with Gasteiger partial charge in [-0.2, -0.15) is 0 Å². The molecule has 1 heterocycles. The summed E-state index contributed by atoms with van der Waals surface area (Å²) in [6, 6.07) is 7.12. The Morgan fingerprint density at radius 1 is 1.16 bits per heavy atom. The van der Waals surface area contributed by atoms with Crippen LogP contribution in [0.15, 0.2) is 24.3 Å². The number of methoxy groups -OCH3 is 1. The van der Waals surface area contributed by atoms with E-state index in [0.29, 0.717) is 5.56 Å². The molecule has 3 rings (SSSR count). The maximum absolute atomic E-state index is 11.6. The second kappa shape index (κ2) is 6.10. The number of ether oxygens (including phenoxy) is 2. The fourth-order valence-electron chi connectivity index (χ4n) is 3.35. The third kappa shape index (κ3) is 2.97. The number of hydrogen-bond donors (Lipinski definition) is 1. The number of carbonyl (C=O) groups excluding carboxylic acids is 1. The summed E-state index contributed by atoms with van der Waals surface area (Å²) in [4.78, 5) is 11.6. The van der Waals surface area contributed by atoms with E-state index in [9.17, 15) is 9.90 Å². The molecule has 0 saturated carbocycles. The molecule has 25 heavy (non-hydrogen) atoms. The normalized spacial score (nSPS) is 15.2. The molecule has 2 aromatic rings. The molecule has 1 aliphatic heterocycles. The van der Waals surface area contributed by atoms with Crippen LogP contribution in [0, 0.1) is 13.8 Å². The largest absolute Gasteiger partial charge is 0.507 e.